The fourth-order valence-corrected chi connectivity index (χ4v) is 2.40. The molecule has 0 saturated carbocycles. The summed E-state index contributed by atoms with van der Waals surface area (Å²) in [6.07, 6.45) is 7.48. The van der Waals surface area contributed by atoms with Gasteiger partial charge in [0, 0.05) is 32.0 Å². The number of pyridine rings is 1. The molecule has 0 bridgehead atoms. The third-order valence-corrected chi connectivity index (χ3v) is 3.59. The number of ketones is 1. The molecule has 23 heavy (non-hydrogen) atoms. The molecule has 0 spiro atoms. The van der Waals surface area contributed by atoms with Crippen molar-refractivity contribution in [3.63, 3.8) is 0 Å². The van der Waals surface area contributed by atoms with Gasteiger partial charge in [0.05, 0.1) is 31.1 Å². The van der Waals surface area contributed by atoms with Crippen molar-refractivity contribution >= 4 is 23.1 Å². The zero-order chi connectivity index (χ0) is 16.8. The van der Waals surface area contributed by atoms with Crippen LogP contribution in [0.1, 0.15) is 18.9 Å². The van der Waals surface area contributed by atoms with Crippen molar-refractivity contribution in [1.29, 1.82) is 5.41 Å². The Kier molecular flexibility index (Phi) is 5.59. The zero-order valence-electron chi connectivity index (χ0n) is 13.2. The highest BCUT2D eigenvalue weighted by Crippen LogP contribution is 2.17. The first kappa shape index (κ1) is 16.8. The highest BCUT2D eigenvalue weighted by Gasteiger charge is 2.24. The van der Waals surface area contributed by atoms with E-state index < -0.39 is 0 Å². The van der Waals surface area contributed by atoms with Gasteiger partial charge < -0.3 is 15.0 Å². The van der Waals surface area contributed by atoms with Crippen LogP contribution in [0.15, 0.2) is 30.7 Å². The molecule has 1 atom stereocenters. The molecule has 2 rings (SSSR count). The summed E-state index contributed by atoms with van der Waals surface area (Å²) in [6, 6.07) is 1.60. The number of nitrogens with zero attached hydrogens (tertiary/aromatic N) is 2. The second-order valence-corrected chi connectivity index (χ2v) is 5.24. The summed E-state index contributed by atoms with van der Waals surface area (Å²) in [5, 5.41) is 10.8. The van der Waals surface area contributed by atoms with Crippen molar-refractivity contribution in [2.24, 2.45) is 0 Å². The first-order valence-corrected chi connectivity index (χ1v) is 7.29. The number of amides is 1. The number of nitrogens with one attached hydrogen (secondary N) is 2. The Morgan fingerprint density at radius 2 is 2.30 bits per heavy atom. The van der Waals surface area contributed by atoms with Crippen molar-refractivity contribution in [3.05, 3.63) is 36.3 Å². The number of aromatic nitrogens is 1. The zero-order valence-corrected chi connectivity index (χ0v) is 13.2. The van der Waals surface area contributed by atoms with Crippen LogP contribution in [0.25, 0.3) is 0 Å². The summed E-state index contributed by atoms with van der Waals surface area (Å²) >= 11 is 0. The third-order valence-electron chi connectivity index (χ3n) is 3.59. The minimum Gasteiger partial charge on any atom is -0.383 e. The quantitative estimate of drug-likeness (QED) is 0.737. The van der Waals surface area contributed by atoms with Crippen LogP contribution in [0.5, 0.6) is 0 Å². The molecule has 0 radical (unpaired) electrons. The fourth-order valence-electron chi connectivity index (χ4n) is 2.40. The molecular formula is C16H20N4O3. The number of rotatable bonds is 7. The maximum Gasteiger partial charge on any atom is 0.246 e. The highest BCUT2D eigenvalue weighted by molar-refractivity contribution is 6.45. The van der Waals surface area contributed by atoms with E-state index in [1.807, 2.05) is 6.08 Å². The van der Waals surface area contributed by atoms with Crippen LogP contribution in [0, 0.1) is 5.41 Å². The second kappa shape index (κ2) is 7.64. The molecule has 2 heterocycles. The first-order valence-electron chi connectivity index (χ1n) is 7.29. The van der Waals surface area contributed by atoms with Crippen LogP contribution in [0.3, 0.4) is 0 Å². The molecule has 0 unspecified atom stereocenters. The molecule has 1 aromatic rings. The minimum atomic E-state index is -0.340. The van der Waals surface area contributed by atoms with Crippen LogP contribution in [-0.4, -0.2) is 53.6 Å². The number of methoxy groups -OCH3 is 1. The fraction of sp³-hybridized carbons (Fsp3) is 0.375. The molecule has 1 amide bonds. The average molecular weight is 316 g/mol. The lowest BCUT2D eigenvalue weighted by atomic mass is 10.1. The molecule has 0 fully saturated rings. The van der Waals surface area contributed by atoms with E-state index in [0.29, 0.717) is 17.9 Å². The number of carbonyl (C=O) groups is 2. The predicted molar refractivity (Wildman–Crippen MR) is 86.5 cm³/mol. The summed E-state index contributed by atoms with van der Waals surface area (Å²) in [7, 11) is 1.61. The van der Waals surface area contributed by atoms with E-state index >= 15 is 0 Å². The largest absolute Gasteiger partial charge is 0.383 e. The highest BCUT2D eigenvalue weighted by atomic mass is 16.5. The van der Waals surface area contributed by atoms with Crippen molar-refractivity contribution in [2.75, 3.05) is 25.6 Å². The summed E-state index contributed by atoms with van der Waals surface area (Å²) in [5.41, 5.74) is 0.818. The Bertz CT molecular complexity index is 642. The van der Waals surface area contributed by atoms with Gasteiger partial charge in [0.25, 0.3) is 0 Å². The Morgan fingerprint density at radius 1 is 1.52 bits per heavy atom. The number of anilines is 1. The third kappa shape index (κ3) is 4.01. The Morgan fingerprint density at radius 3 is 3.00 bits per heavy atom. The average Bonchev–Trinajstić information content (AvgIpc) is 3.01. The number of ether oxygens (including phenoxy) is 1. The standard InChI is InChI=1S/C16H20N4O3/c1-11(21)16(17)13-5-6-18-8-14(13)19-9-15(22)20-7-3-4-12(20)10-23-2/h3,5-8,12,17,19H,4,9-10H2,1-2H3/t12-/m0/s1. The Labute approximate surface area is 134 Å². The minimum absolute atomic E-state index is 0.0122. The smallest absolute Gasteiger partial charge is 0.246 e. The molecule has 7 heteroatoms. The molecule has 0 saturated heterocycles. The van der Waals surface area contributed by atoms with E-state index in [-0.39, 0.29) is 30.0 Å². The number of Topliss-reactive ketones (excluding diaryl/α,β-unsaturated/α-hetero) is 1. The van der Waals surface area contributed by atoms with Crippen LogP contribution in [0.4, 0.5) is 5.69 Å². The Hall–Kier alpha value is -2.54. The normalized spacial score (nSPS) is 16.4. The van der Waals surface area contributed by atoms with Crippen LogP contribution >= 0.6 is 0 Å². The van der Waals surface area contributed by atoms with E-state index in [1.54, 1.807) is 24.3 Å². The van der Waals surface area contributed by atoms with Gasteiger partial charge in [-0.3, -0.25) is 20.0 Å². The van der Waals surface area contributed by atoms with E-state index in [9.17, 15) is 9.59 Å². The van der Waals surface area contributed by atoms with Crippen LogP contribution < -0.4 is 5.32 Å². The molecule has 0 aliphatic carbocycles. The number of carbonyl (C=O) groups excluding carboxylic acids is 2. The lowest BCUT2D eigenvalue weighted by Gasteiger charge is -2.23. The summed E-state index contributed by atoms with van der Waals surface area (Å²) < 4.78 is 5.12. The van der Waals surface area contributed by atoms with Gasteiger partial charge in [-0.2, -0.15) is 0 Å². The molecule has 1 aliphatic rings. The van der Waals surface area contributed by atoms with Gasteiger partial charge in [0.15, 0.2) is 5.78 Å². The van der Waals surface area contributed by atoms with Crippen LogP contribution in [-0.2, 0) is 14.3 Å². The molecular weight excluding hydrogens is 296 g/mol. The lowest BCUT2D eigenvalue weighted by molar-refractivity contribution is -0.128. The van der Waals surface area contributed by atoms with Crippen LogP contribution in [0.2, 0.25) is 0 Å². The van der Waals surface area contributed by atoms with E-state index in [0.717, 1.165) is 6.42 Å². The molecule has 0 aromatic carbocycles. The molecule has 1 aliphatic heterocycles. The second-order valence-electron chi connectivity index (χ2n) is 5.24. The SMILES string of the molecule is COC[C@@H]1CC=CN1C(=O)CNc1cnccc1C(=N)C(C)=O. The predicted octanol–water partition coefficient (Wildman–Crippen LogP) is 1.21. The lowest BCUT2D eigenvalue weighted by Crippen LogP contribution is -2.39. The van der Waals surface area contributed by atoms with Crippen molar-refractivity contribution in [3.8, 4) is 0 Å². The summed E-state index contributed by atoms with van der Waals surface area (Å²) in [6.45, 7) is 1.86. The van der Waals surface area contributed by atoms with E-state index in [1.165, 1.54) is 19.3 Å². The topological polar surface area (TPSA) is 95.4 Å². The first-order chi connectivity index (χ1) is 11.0. The maximum atomic E-state index is 12.3. The van der Waals surface area contributed by atoms with E-state index in [2.05, 4.69) is 10.3 Å². The number of hydrogen-bond donors (Lipinski definition) is 2. The van der Waals surface area contributed by atoms with Gasteiger partial charge in [0.2, 0.25) is 5.91 Å². The van der Waals surface area contributed by atoms with Crippen molar-refractivity contribution < 1.29 is 14.3 Å². The molecule has 122 valence electrons. The monoisotopic (exact) mass is 316 g/mol. The Balaban J connectivity index is 2.04. The molecule has 2 N–H and O–H groups in total. The van der Waals surface area contributed by atoms with Gasteiger partial charge >= 0.3 is 0 Å². The van der Waals surface area contributed by atoms with E-state index in [4.69, 9.17) is 10.1 Å². The molecule has 1 aromatic heterocycles. The van der Waals surface area contributed by atoms with Gasteiger partial charge in [-0.15, -0.1) is 0 Å². The van der Waals surface area contributed by atoms with Gasteiger partial charge in [-0.1, -0.05) is 6.08 Å². The van der Waals surface area contributed by atoms with Gasteiger partial charge in [-0.05, 0) is 12.5 Å². The van der Waals surface area contributed by atoms with Gasteiger partial charge in [0.1, 0.15) is 5.71 Å². The number of hydrogen-bond acceptors (Lipinski definition) is 6. The molecule has 7 nitrogen and oxygen atoms in total. The maximum absolute atomic E-state index is 12.3. The van der Waals surface area contributed by atoms with Crippen molar-refractivity contribution in [1.82, 2.24) is 9.88 Å². The summed E-state index contributed by atoms with van der Waals surface area (Å²) in [5.74, 6) is -0.446. The van der Waals surface area contributed by atoms with Crippen molar-refractivity contribution in [2.45, 2.75) is 19.4 Å². The van der Waals surface area contributed by atoms with Gasteiger partial charge in [-0.25, -0.2) is 0 Å². The summed E-state index contributed by atoms with van der Waals surface area (Å²) in [4.78, 5) is 29.3.